The minimum Gasteiger partial charge on any atom is -0.352 e. The summed E-state index contributed by atoms with van der Waals surface area (Å²) in [5.41, 5.74) is 0. The molecule has 1 atom stereocenters. The second kappa shape index (κ2) is 6.37. The fourth-order valence-corrected chi connectivity index (χ4v) is 2.39. The SMILES string of the molecule is CCC(CCl)NC(=O)C1CCC(C)CC1. The van der Waals surface area contributed by atoms with Crippen LogP contribution in [0.1, 0.15) is 46.0 Å². The maximum Gasteiger partial charge on any atom is 0.223 e. The molecule has 1 aliphatic rings. The third-order valence-electron chi connectivity index (χ3n) is 3.41. The summed E-state index contributed by atoms with van der Waals surface area (Å²) in [5.74, 6) is 1.77. The Morgan fingerprint density at radius 1 is 1.40 bits per heavy atom. The van der Waals surface area contributed by atoms with E-state index < -0.39 is 0 Å². The van der Waals surface area contributed by atoms with Crippen LogP contribution in [0.5, 0.6) is 0 Å². The molecular weight excluding hydrogens is 210 g/mol. The molecule has 1 N–H and O–H groups in total. The van der Waals surface area contributed by atoms with E-state index >= 15 is 0 Å². The maximum absolute atomic E-state index is 11.9. The number of nitrogens with one attached hydrogen (secondary N) is 1. The number of carbonyl (C=O) groups is 1. The van der Waals surface area contributed by atoms with Crippen LogP contribution in [-0.2, 0) is 4.79 Å². The van der Waals surface area contributed by atoms with Crippen LogP contribution in [0, 0.1) is 11.8 Å². The van der Waals surface area contributed by atoms with Crippen molar-refractivity contribution in [2.24, 2.45) is 11.8 Å². The van der Waals surface area contributed by atoms with E-state index in [-0.39, 0.29) is 17.9 Å². The zero-order valence-electron chi connectivity index (χ0n) is 9.76. The van der Waals surface area contributed by atoms with Gasteiger partial charge in [-0.05, 0) is 38.0 Å². The van der Waals surface area contributed by atoms with E-state index in [1.165, 1.54) is 12.8 Å². The molecule has 2 nitrogen and oxygen atoms in total. The lowest BCUT2D eigenvalue weighted by Crippen LogP contribution is -2.40. The van der Waals surface area contributed by atoms with E-state index in [9.17, 15) is 4.79 Å². The van der Waals surface area contributed by atoms with Crippen LogP contribution in [0.15, 0.2) is 0 Å². The van der Waals surface area contributed by atoms with Crippen molar-refractivity contribution < 1.29 is 4.79 Å². The zero-order chi connectivity index (χ0) is 11.3. The smallest absolute Gasteiger partial charge is 0.223 e. The minimum absolute atomic E-state index is 0.151. The van der Waals surface area contributed by atoms with Gasteiger partial charge in [-0.3, -0.25) is 4.79 Å². The van der Waals surface area contributed by atoms with Crippen molar-refractivity contribution in [2.45, 2.75) is 52.0 Å². The van der Waals surface area contributed by atoms with E-state index in [0.29, 0.717) is 5.88 Å². The molecule has 1 unspecified atom stereocenters. The van der Waals surface area contributed by atoms with Crippen LogP contribution in [0.3, 0.4) is 0 Å². The normalized spacial score (nSPS) is 28.5. The molecule has 88 valence electrons. The van der Waals surface area contributed by atoms with Gasteiger partial charge in [-0.1, -0.05) is 13.8 Å². The number of hydrogen-bond donors (Lipinski definition) is 1. The lowest BCUT2D eigenvalue weighted by Gasteiger charge is -2.26. The van der Waals surface area contributed by atoms with E-state index in [2.05, 4.69) is 19.2 Å². The summed E-state index contributed by atoms with van der Waals surface area (Å²) in [6.45, 7) is 4.32. The Morgan fingerprint density at radius 3 is 2.47 bits per heavy atom. The maximum atomic E-state index is 11.9. The molecule has 0 spiro atoms. The van der Waals surface area contributed by atoms with Crippen LogP contribution < -0.4 is 5.32 Å². The number of halogens is 1. The number of rotatable bonds is 4. The molecule has 1 saturated carbocycles. The number of carbonyl (C=O) groups excluding carboxylic acids is 1. The quantitative estimate of drug-likeness (QED) is 0.741. The fraction of sp³-hybridized carbons (Fsp3) is 0.917. The molecule has 15 heavy (non-hydrogen) atoms. The molecule has 0 radical (unpaired) electrons. The van der Waals surface area contributed by atoms with E-state index in [1.807, 2.05) is 0 Å². The van der Waals surface area contributed by atoms with Crippen LogP contribution in [0.4, 0.5) is 0 Å². The Hall–Kier alpha value is -0.240. The predicted octanol–water partition coefficient (Wildman–Crippen LogP) is 2.95. The van der Waals surface area contributed by atoms with E-state index in [0.717, 1.165) is 25.2 Å². The summed E-state index contributed by atoms with van der Waals surface area (Å²) in [7, 11) is 0. The summed E-state index contributed by atoms with van der Waals surface area (Å²) in [5, 5.41) is 3.03. The highest BCUT2D eigenvalue weighted by Crippen LogP contribution is 2.28. The predicted molar refractivity (Wildman–Crippen MR) is 64.1 cm³/mol. The molecule has 1 fully saturated rings. The van der Waals surface area contributed by atoms with Gasteiger partial charge in [0.05, 0.1) is 0 Å². The average molecular weight is 232 g/mol. The third-order valence-corrected chi connectivity index (χ3v) is 3.78. The van der Waals surface area contributed by atoms with Crippen molar-refractivity contribution in [3.63, 3.8) is 0 Å². The summed E-state index contributed by atoms with van der Waals surface area (Å²) in [6.07, 6.45) is 5.39. The second-order valence-corrected chi connectivity index (χ2v) is 5.03. The Labute approximate surface area is 97.8 Å². The highest BCUT2D eigenvalue weighted by atomic mass is 35.5. The monoisotopic (exact) mass is 231 g/mol. The summed E-state index contributed by atoms with van der Waals surface area (Å²) in [6, 6.07) is 0.151. The Bertz CT molecular complexity index is 196. The molecule has 1 amide bonds. The molecule has 0 saturated heterocycles. The van der Waals surface area contributed by atoms with E-state index in [4.69, 9.17) is 11.6 Å². The molecular formula is C12H22ClNO. The second-order valence-electron chi connectivity index (χ2n) is 4.72. The van der Waals surface area contributed by atoms with Crippen molar-refractivity contribution in [3.8, 4) is 0 Å². The van der Waals surface area contributed by atoms with Gasteiger partial charge in [0.2, 0.25) is 5.91 Å². The summed E-state index contributed by atoms with van der Waals surface area (Å²) in [4.78, 5) is 11.9. The van der Waals surface area contributed by atoms with Gasteiger partial charge in [0.15, 0.2) is 0 Å². The molecule has 0 aromatic carbocycles. The van der Waals surface area contributed by atoms with Gasteiger partial charge in [-0.15, -0.1) is 11.6 Å². The van der Waals surface area contributed by atoms with Crippen LogP contribution in [-0.4, -0.2) is 17.8 Å². The minimum atomic E-state index is 0.151. The molecule has 0 aromatic rings. The topological polar surface area (TPSA) is 29.1 Å². The number of alkyl halides is 1. The van der Waals surface area contributed by atoms with E-state index in [1.54, 1.807) is 0 Å². The van der Waals surface area contributed by atoms with Crippen LogP contribution in [0.2, 0.25) is 0 Å². The highest BCUT2D eigenvalue weighted by Gasteiger charge is 2.25. The molecule has 0 heterocycles. The van der Waals surface area contributed by atoms with Crippen molar-refractivity contribution in [2.75, 3.05) is 5.88 Å². The zero-order valence-corrected chi connectivity index (χ0v) is 10.5. The molecule has 3 heteroatoms. The Balaban J connectivity index is 2.33. The van der Waals surface area contributed by atoms with Crippen LogP contribution in [0.25, 0.3) is 0 Å². The number of amides is 1. The summed E-state index contributed by atoms with van der Waals surface area (Å²) >= 11 is 5.76. The van der Waals surface area contributed by atoms with Gasteiger partial charge in [-0.2, -0.15) is 0 Å². The summed E-state index contributed by atoms with van der Waals surface area (Å²) < 4.78 is 0. The molecule has 0 aliphatic heterocycles. The highest BCUT2D eigenvalue weighted by molar-refractivity contribution is 6.18. The van der Waals surface area contributed by atoms with Gasteiger partial charge >= 0.3 is 0 Å². The van der Waals surface area contributed by atoms with Gasteiger partial charge in [-0.25, -0.2) is 0 Å². The number of hydrogen-bond acceptors (Lipinski definition) is 1. The first-order valence-electron chi connectivity index (χ1n) is 6.03. The van der Waals surface area contributed by atoms with Crippen molar-refractivity contribution >= 4 is 17.5 Å². The Kier molecular flexibility index (Phi) is 5.44. The molecule has 0 bridgehead atoms. The lowest BCUT2D eigenvalue weighted by atomic mass is 9.82. The first-order chi connectivity index (χ1) is 7.17. The molecule has 1 aliphatic carbocycles. The average Bonchev–Trinajstić information content (AvgIpc) is 2.26. The lowest BCUT2D eigenvalue weighted by molar-refractivity contribution is -0.126. The van der Waals surface area contributed by atoms with Gasteiger partial charge in [0.1, 0.15) is 0 Å². The van der Waals surface area contributed by atoms with Gasteiger partial charge in [0, 0.05) is 17.8 Å². The first kappa shape index (κ1) is 12.8. The van der Waals surface area contributed by atoms with Crippen molar-refractivity contribution in [3.05, 3.63) is 0 Å². The van der Waals surface area contributed by atoms with Crippen molar-refractivity contribution in [1.29, 1.82) is 0 Å². The molecule has 1 rings (SSSR count). The largest absolute Gasteiger partial charge is 0.352 e. The Morgan fingerprint density at radius 2 is 2.00 bits per heavy atom. The first-order valence-corrected chi connectivity index (χ1v) is 6.57. The van der Waals surface area contributed by atoms with Gasteiger partial charge < -0.3 is 5.32 Å². The van der Waals surface area contributed by atoms with Crippen LogP contribution >= 0.6 is 11.6 Å². The molecule has 0 aromatic heterocycles. The standard InChI is InChI=1S/C12H22ClNO/c1-3-11(8-13)14-12(15)10-6-4-9(2)5-7-10/h9-11H,3-8H2,1-2H3,(H,14,15). The third kappa shape index (κ3) is 4.02. The fourth-order valence-electron chi connectivity index (χ4n) is 2.09. The van der Waals surface area contributed by atoms with Gasteiger partial charge in [0.25, 0.3) is 0 Å². The van der Waals surface area contributed by atoms with Crippen molar-refractivity contribution in [1.82, 2.24) is 5.32 Å².